The van der Waals surface area contributed by atoms with Crippen molar-refractivity contribution in [3.63, 3.8) is 0 Å². The van der Waals surface area contributed by atoms with Crippen LogP contribution in [0.2, 0.25) is 5.02 Å². The number of rotatable bonds is 8. The summed E-state index contributed by atoms with van der Waals surface area (Å²) in [5.74, 6) is 2.13. The molecule has 0 saturated heterocycles. The van der Waals surface area contributed by atoms with Crippen LogP contribution >= 0.6 is 11.6 Å². The number of hydrogen-bond acceptors (Lipinski definition) is 5. The number of benzene rings is 2. The molecular formula is C24H22ClN3O4. The molecule has 0 bridgehead atoms. The van der Waals surface area contributed by atoms with E-state index >= 15 is 0 Å². The number of halogens is 1. The molecular weight excluding hydrogens is 430 g/mol. The van der Waals surface area contributed by atoms with Crippen molar-refractivity contribution in [3.05, 3.63) is 94.5 Å². The Labute approximate surface area is 190 Å². The van der Waals surface area contributed by atoms with Gasteiger partial charge in [-0.25, -0.2) is 0 Å². The lowest BCUT2D eigenvalue weighted by atomic mass is 10.2. The molecule has 0 unspecified atom stereocenters. The summed E-state index contributed by atoms with van der Waals surface area (Å²) in [7, 11) is 1.60. The van der Waals surface area contributed by atoms with Crippen LogP contribution in [0.5, 0.6) is 11.5 Å². The molecule has 1 N–H and O–H groups in total. The van der Waals surface area contributed by atoms with Gasteiger partial charge in [-0.15, -0.1) is 0 Å². The lowest BCUT2D eigenvalue weighted by Gasteiger charge is -2.06. The first-order valence-corrected chi connectivity index (χ1v) is 10.3. The monoisotopic (exact) mass is 451 g/mol. The van der Waals surface area contributed by atoms with Gasteiger partial charge in [0.15, 0.2) is 11.6 Å². The number of amides is 1. The summed E-state index contributed by atoms with van der Waals surface area (Å²) in [6.45, 7) is 2.69. The molecule has 0 spiro atoms. The van der Waals surface area contributed by atoms with Gasteiger partial charge in [0.1, 0.15) is 23.9 Å². The van der Waals surface area contributed by atoms with Crippen LogP contribution < -0.4 is 14.8 Å². The van der Waals surface area contributed by atoms with Crippen molar-refractivity contribution in [3.8, 4) is 11.5 Å². The molecule has 32 heavy (non-hydrogen) atoms. The van der Waals surface area contributed by atoms with Gasteiger partial charge in [-0.3, -0.25) is 9.48 Å². The Bertz CT molecular complexity index is 1210. The molecule has 0 atom stereocenters. The number of carbonyl (C=O) groups excluding carboxylic acids is 1. The van der Waals surface area contributed by atoms with Gasteiger partial charge in [0.05, 0.1) is 13.7 Å². The molecule has 1 amide bonds. The zero-order chi connectivity index (χ0) is 22.5. The topological polar surface area (TPSA) is 78.5 Å². The molecule has 8 heteroatoms. The molecule has 2 heterocycles. The number of ether oxygens (including phenoxy) is 2. The van der Waals surface area contributed by atoms with E-state index in [-0.39, 0.29) is 18.3 Å². The Morgan fingerprint density at radius 1 is 1.09 bits per heavy atom. The number of anilines is 1. The second kappa shape index (κ2) is 9.62. The molecule has 0 saturated carbocycles. The van der Waals surface area contributed by atoms with Gasteiger partial charge in [0, 0.05) is 22.8 Å². The maximum absolute atomic E-state index is 12.6. The third kappa shape index (κ3) is 5.31. The number of nitrogens with one attached hydrogen (secondary N) is 1. The second-order valence-electron chi connectivity index (χ2n) is 7.14. The number of aryl methyl sites for hydroxylation is 1. The van der Waals surface area contributed by atoms with Crippen molar-refractivity contribution in [2.45, 2.75) is 20.1 Å². The maximum atomic E-state index is 12.6. The van der Waals surface area contributed by atoms with Crippen molar-refractivity contribution in [1.82, 2.24) is 9.78 Å². The molecule has 0 aliphatic heterocycles. The van der Waals surface area contributed by atoms with Gasteiger partial charge >= 0.3 is 0 Å². The van der Waals surface area contributed by atoms with Gasteiger partial charge in [0.2, 0.25) is 0 Å². The normalized spacial score (nSPS) is 10.7. The zero-order valence-electron chi connectivity index (χ0n) is 17.7. The zero-order valence-corrected chi connectivity index (χ0v) is 18.4. The van der Waals surface area contributed by atoms with E-state index in [0.717, 1.165) is 11.3 Å². The average Bonchev–Trinajstić information content (AvgIpc) is 3.41. The highest BCUT2D eigenvalue weighted by molar-refractivity contribution is 6.30. The third-order valence-electron chi connectivity index (χ3n) is 4.78. The predicted molar refractivity (Wildman–Crippen MR) is 122 cm³/mol. The van der Waals surface area contributed by atoms with Crippen LogP contribution in [0.1, 0.15) is 27.6 Å². The second-order valence-corrected chi connectivity index (χ2v) is 7.58. The van der Waals surface area contributed by atoms with E-state index in [1.165, 1.54) is 0 Å². The van der Waals surface area contributed by atoms with E-state index < -0.39 is 0 Å². The first kappa shape index (κ1) is 21.5. The maximum Gasteiger partial charge on any atom is 0.292 e. The molecule has 7 nitrogen and oxygen atoms in total. The first-order chi connectivity index (χ1) is 15.5. The van der Waals surface area contributed by atoms with Gasteiger partial charge in [-0.2, -0.15) is 5.10 Å². The summed E-state index contributed by atoms with van der Waals surface area (Å²) in [4.78, 5) is 12.6. The van der Waals surface area contributed by atoms with Crippen molar-refractivity contribution < 1.29 is 18.7 Å². The summed E-state index contributed by atoms with van der Waals surface area (Å²) in [5, 5.41) is 7.92. The number of furan rings is 1. The van der Waals surface area contributed by atoms with E-state index in [1.54, 1.807) is 25.3 Å². The summed E-state index contributed by atoms with van der Waals surface area (Å²) < 4.78 is 18.3. The van der Waals surface area contributed by atoms with Gasteiger partial charge in [0.25, 0.3) is 5.91 Å². The predicted octanol–water partition coefficient (Wildman–Crippen LogP) is 5.33. The molecule has 0 aliphatic carbocycles. The molecule has 0 fully saturated rings. The number of carbonyl (C=O) groups is 1. The van der Waals surface area contributed by atoms with Gasteiger partial charge in [-0.1, -0.05) is 29.8 Å². The molecule has 164 valence electrons. The Kier molecular flexibility index (Phi) is 6.47. The molecule has 0 radical (unpaired) electrons. The molecule has 0 aliphatic rings. The highest BCUT2D eigenvalue weighted by Gasteiger charge is 2.14. The van der Waals surface area contributed by atoms with Crippen LogP contribution in [-0.2, 0) is 13.2 Å². The molecule has 4 aromatic rings. The summed E-state index contributed by atoms with van der Waals surface area (Å²) >= 11 is 5.94. The minimum Gasteiger partial charge on any atom is -0.497 e. The van der Waals surface area contributed by atoms with Crippen LogP contribution in [0, 0.1) is 6.92 Å². The fourth-order valence-corrected chi connectivity index (χ4v) is 3.22. The van der Waals surface area contributed by atoms with E-state index in [1.807, 2.05) is 60.1 Å². The highest BCUT2D eigenvalue weighted by Crippen LogP contribution is 2.21. The minimum absolute atomic E-state index is 0.180. The summed E-state index contributed by atoms with van der Waals surface area (Å²) in [6, 6.07) is 20.0. The first-order valence-electron chi connectivity index (χ1n) is 9.96. The highest BCUT2D eigenvalue weighted by atomic mass is 35.5. The fourth-order valence-electron chi connectivity index (χ4n) is 3.09. The Balaban J connectivity index is 1.36. The Hall–Kier alpha value is -3.71. The van der Waals surface area contributed by atoms with Crippen LogP contribution in [0.4, 0.5) is 5.82 Å². The van der Waals surface area contributed by atoms with Crippen molar-refractivity contribution in [2.24, 2.45) is 0 Å². The van der Waals surface area contributed by atoms with Crippen LogP contribution in [0.15, 0.2) is 71.1 Å². The van der Waals surface area contributed by atoms with Crippen LogP contribution in [-0.4, -0.2) is 22.8 Å². The number of nitrogens with zero attached hydrogens (tertiary/aromatic N) is 2. The minimum atomic E-state index is -0.381. The van der Waals surface area contributed by atoms with Crippen LogP contribution in [0.25, 0.3) is 0 Å². The van der Waals surface area contributed by atoms with Crippen molar-refractivity contribution in [1.29, 1.82) is 0 Å². The van der Waals surface area contributed by atoms with Crippen molar-refractivity contribution >= 4 is 23.3 Å². The number of aromatic nitrogens is 2. The molecule has 2 aromatic heterocycles. The lowest BCUT2D eigenvalue weighted by molar-refractivity contribution is 0.0992. The quantitative estimate of drug-likeness (QED) is 0.392. The average molecular weight is 452 g/mol. The summed E-state index contributed by atoms with van der Waals surface area (Å²) in [6.07, 6.45) is 0. The third-order valence-corrected chi connectivity index (χ3v) is 5.03. The summed E-state index contributed by atoms with van der Waals surface area (Å²) in [5.41, 5.74) is 1.98. The van der Waals surface area contributed by atoms with Gasteiger partial charge < -0.3 is 19.2 Å². The smallest absolute Gasteiger partial charge is 0.292 e. The lowest BCUT2D eigenvalue weighted by Crippen LogP contribution is -2.12. The van der Waals surface area contributed by atoms with E-state index in [9.17, 15) is 4.79 Å². The SMILES string of the molecule is COc1cccc(OCc2ccc(C(=O)Nc3cc(C)n(Cc4ccc(Cl)cc4)n3)o2)c1. The number of hydrogen-bond donors (Lipinski definition) is 1. The van der Waals surface area contributed by atoms with E-state index in [0.29, 0.717) is 34.6 Å². The van der Waals surface area contributed by atoms with E-state index in [4.69, 9.17) is 25.5 Å². The van der Waals surface area contributed by atoms with Crippen molar-refractivity contribution in [2.75, 3.05) is 12.4 Å². The molecule has 2 aromatic carbocycles. The Morgan fingerprint density at radius 2 is 1.88 bits per heavy atom. The molecule has 4 rings (SSSR count). The standard InChI is InChI=1S/C24H22ClN3O4/c1-16-12-23(27-28(16)14-17-6-8-18(25)9-7-17)26-24(29)22-11-10-21(32-22)15-31-20-5-3-4-19(13-20)30-2/h3-13H,14-15H2,1-2H3,(H,26,27,29). The Morgan fingerprint density at radius 3 is 2.66 bits per heavy atom. The largest absolute Gasteiger partial charge is 0.497 e. The van der Waals surface area contributed by atoms with E-state index in [2.05, 4.69) is 10.4 Å². The fraction of sp³-hybridized carbons (Fsp3) is 0.167. The number of methoxy groups -OCH3 is 1. The van der Waals surface area contributed by atoms with Crippen LogP contribution in [0.3, 0.4) is 0 Å². The van der Waals surface area contributed by atoms with Gasteiger partial charge in [-0.05, 0) is 48.9 Å².